The van der Waals surface area contributed by atoms with Gasteiger partial charge in [0.05, 0.1) is 4.91 Å². The molecule has 12 heteroatoms. The zero-order valence-corrected chi connectivity index (χ0v) is 18.1. The Labute approximate surface area is 183 Å². The van der Waals surface area contributed by atoms with Gasteiger partial charge < -0.3 is 24.3 Å². The van der Waals surface area contributed by atoms with Crippen molar-refractivity contribution in [1.82, 2.24) is 9.88 Å². The first-order chi connectivity index (χ1) is 14.3. The van der Waals surface area contributed by atoms with E-state index in [1.165, 1.54) is 32.5 Å². The van der Waals surface area contributed by atoms with Gasteiger partial charge in [-0.1, -0.05) is 15.9 Å². The molecular formula is C18H14BrN3O7S. The summed E-state index contributed by atoms with van der Waals surface area (Å²) in [6.45, 7) is -0.0462. The van der Waals surface area contributed by atoms with Gasteiger partial charge in [0.2, 0.25) is 0 Å². The highest BCUT2D eigenvalue weighted by atomic mass is 79.9. The lowest BCUT2D eigenvalue weighted by molar-refractivity contribution is -0.389. The second kappa shape index (κ2) is 9.24. The number of likely N-dealkylation sites (N-methyl/N-ethyl adjacent to an activating group) is 1. The highest BCUT2D eigenvalue weighted by Crippen LogP contribution is 2.39. The number of pyridine rings is 1. The number of carbonyl (C=O) groups excluding carboxylic acids is 2. The molecular weight excluding hydrogens is 482 g/mol. The molecule has 0 spiro atoms. The second-order valence-electron chi connectivity index (χ2n) is 5.82. The zero-order chi connectivity index (χ0) is 21.8. The Bertz CT molecular complexity index is 1040. The molecule has 1 saturated heterocycles. The van der Waals surface area contributed by atoms with Crippen LogP contribution in [0.25, 0.3) is 6.08 Å². The van der Waals surface area contributed by atoms with Crippen molar-refractivity contribution in [2.24, 2.45) is 0 Å². The minimum absolute atomic E-state index is 0.0462. The molecule has 0 unspecified atom stereocenters. The van der Waals surface area contributed by atoms with Gasteiger partial charge in [-0.05, 0) is 51.5 Å². The number of aromatic nitrogens is 1. The Morgan fingerprint density at radius 1 is 1.30 bits per heavy atom. The zero-order valence-electron chi connectivity index (χ0n) is 15.7. The Hall–Kier alpha value is -2.96. The van der Waals surface area contributed by atoms with E-state index < -0.39 is 10.8 Å². The van der Waals surface area contributed by atoms with Crippen LogP contribution in [0.15, 0.2) is 39.8 Å². The number of nitrogens with zero attached hydrogens (tertiary/aromatic N) is 3. The predicted octanol–water partition coefficient (Wildman–Crippen LogP) is 4.19. The number of nitro groups is 1. The van der Waals surface area contributed by atoms with Gasteiger partial charge in [-0.3, -0.25) is 14.5 Å². The Balaban J connectivity index is 1.97. The molecule has 156 valence electrons. The van der Waals surface area contributed by atoms with Gasteiger partial charge in [-0.25, -0.2) is 0 Å². The van der Waals surface area contributed by atoms with Crippen molar-refractivity contribution in [1.29, 1.82) is 0 Å². The molecule has 1 fully saturated rings. The SMILES string of the molecule is COCOc1cc(Br)c(/C=C2\SC(=O)N(C)C2=O)cc1Oc1ccc([N+](=O)[O-])nc1. The summed E-state index contributed by atoms with van der Waals surface area (Å²) in [6.07, 6.45) is 2.77. The van der Waals surface area contributed by atoms with Crippen LogP contribution < -0.4 is 9.47 Å². The molecule has 30 heavy (non-hydrogen) atoms. The number of carbonyl (C=O) groups is 2. The number of thioether (sulfide) groups is 1. The number of amides is 2. The second-order valence-corrected chi connectivity index (χ2v) is 7.67. The average Bonchev–Trinajstić information content (AvgIpc) is 2.96. The smallest absolute Gasteiger partial charge is 0.363 e. The summed E-state index contributed by atoms with van der Waals surface area (Å²) in [5, 5.41) is 10.4. The fourth-order valence-electron chi connectivity index (χ4n) is 2.33. The van der Waals surface area contributed by atoms with Crippen molar-refractivity contribution < 1.29 is 28.7 Å². The van der Waals surface area contributed by atoms with Crippen molar-refractivity contribution in [2.75, 3.05) is 21.0 Å². The molecule has 2 amide bonds. The first-order valence-electron chi connectivity index (χ1n) is 8.25. The number of hydrogen-bond acceptors (Lipinski definition) is 9. The van der Waals surface area contributed by atoms with Gasteiger partial charge in [-0.15, -0.1) is 0 Å². The van der Waals surface area contributed by atoms with Crippen molar-refractivity contribution >= 4 is 50.7 Å². The van der Waals surface area contributed by atoms with Gasteiger partial charge >= 0.3 is 5.82 Å². The maximum Gasteiger partial charge on any atom is 0.363 e. The number of halogens is 1. The van der Waals surface area contributed by atoms with Crippen LogP contribution in [0.1, 0.15) is 5.56 Å². The molecule has 1 aromatic carbocycles. The van der Waals surface area contributed by atoms with Crippen molar-refractivity contribution in [3.63, 3.8) is 0 Å². The summed E-state index contributed by atoms with van der Waals surface area (Å²) in [5.74, 6) is 0.101. The van der Waals surface area contributed by atoms with Crippen LogP contribution in [0.3, 0.4) is 0 Å². The van der Waals surface area contributed by atoms with E-state index in [4.69, 9.17) is 14.2 Å². The molecule has 0 aliphatic carbocycles. The van der Waals surface area contributed by atoms with E-state index in [2.05, 4.69) is 20.9 Å². The van der Waals surface area contributed by atoms with E-state index in [1.54, 1.807) is 18.2 Å². The van der Waals surface area contributed by atoms with Crippen molar-refractivity contribution in [3.8, 4) is 17.2 Å². The minimum Gasteiger partial charge on any atom is -0.464 e. The number of ether oxygens (including phenoxy) is 3. The summed E-state index contributed by atoms with van der Waals surface area (Å²) in [5.41, 5.74) is 0.559. The van der Waals surface area contributed by atoms with Crippen LogP contribution in [0, 0.1) is 10.1 Å². The van der Waals surface area contributed by atoms with Crippen LogP contribution in [0.4, 0.5) is 10.6 Å². The summed E-state index contributed by atoms with van der Waals surface area (Å²) >= 11 is 4.24. The first kappa shape index (κ1) is 21.7. The van der Waals surface area contributed by atoms with E-state index in [0.29, 0.717) is 15.8 Å². The summed E-state index contributed by atoms with van der Waals surface area (Å²) in [6, 6.07) is 5.83. The van der Waals surface area contributed by atoms with Gasteiger partial charge in [0.25, 0.3) is 11.1 Å². The quantitative estimate of drug-likeness (QED) is 0.240. The van der Waals surface area contributed by atoms with Gasteiger partial charge in [-0.2, -0.15) is 0 Å². The number of rotatable bonds is 7. The third-order valence-corrected chi connectivity index (χ3v) is 5.45. The lowest BCUT2D eigenvalue weighted by Crippen LogP contribution is -2.22. The third kappa shape index (κ3) is 4.78. The van der Waals surface area contributed by atoms with Crippen LogP contribution in [0.2, 0.25) is 0 Å². The van der Waals surface area contributed by atoms with Gasteiger partial charge in [0.15, 0.2) is 30.2 Å². The van der Waals surface area contributed by atoms with Crippen LogP contribution in [0.5, 0.6) is 17.2 Å². The molecule has 0 saturated carbocycles. The van der Waals surface area contributed by atoms with Crippen LogP contribution in [-0.4, -0.2) is 46.9 Å². The lowest BCUT2D eigenvalue weighted by Gasteiger charge is -2.13. The van der Waals surface area contributed by atoms with Gasteiger partial charge in [0.1, 0.15) is 0 Å². The molecule has 0 N–H and O–H groups in total. The highest BCUT2D eigenvalue weighted by molar-refractivity contribution is 9.10. The number of benzene rings is 1. The van der Waals surface area contributed by atoms with Crippen molar-refractivity contribution in [3.05, 3.63) is 55.5 Å². The maximum atomic E-state index is 12.2. The first-order valence-corrected chi connectivity index (χ1v) is 9.86. The molecule has 1 aliphatic rings. The molecule has 1 aliphatic heterocycles. The molecule has 0 atom stereocenters. The molecule has 0 radical (unpaired) electrons. The molecule has 10 nitrogen and oxygen atoms in total. The molecule has 3 rings (SSSR count). The number of hydrogen-bond donors (Lipinski definition) is 0. The van der Waals surface area contributed by atoms with E-state index in [1.807, 2.05) is 0 Å². The molecule has 1 aromatic heterocycles. The number of methoxy groups -OCH3 is 1. The van der Waals surface area contributed by atoms with E-state index in [0.717, 1.165) is 16.7 Å². The monoisotopic (exact) mass is 495 g/mol. The third-order valence-electron chi connectivity index (χ3n) is 3.80. The van der Waals surface area contributed by atoms with Crippen LogP contribution >= 0.6 is 27.7 Å². The fourth-order valence-corrected chi connectivity index (χ4v) is 3.59. The maximum absolute atomic E-state index is 12.2. The average molecular weight is 496 g/mol. The Kier molecular flexibility index (Phi) is 6.70. The molecule has 2 heterocycles. The topological polar surface area (TPSA) is 121 Å². The highest BCUT2D eigenvalue weighted by Gasteiger charge is 2.32. The normalized spacial score (nSPS) is 15.0. The van der Waals surface area contributed by atoms with E-state index in [-0.39, 0.29) is 34.3 Å². The standard InChI is InChI=1S/C18H14BrN3O7S/c1-21-17(23)15(30-18(21)24)6-10-5-14(13(7-12(10)19)28-9-27-2)29-11-3-4-16(20-8-11)22(25)26/h3-8H,9H2,1-2H3/b15-6-. The number of imide groups is 1. The van der Waals surface area contributed by atoms with Gasteiger partial charge in [0, 0.05) is 24.7 Å². The fraction of sp³-hybridized carbons (Fsp3) is 0.167. The van der Waals surface area contributed by atoms with Crippen molar-refractivity contribution in [2.45, 2.75) is 0 Å². The summed E-state index contributed by atoms with van der Waals surface area (Å²) in [4.78, 5) is 39.0. The molecule has 0 bridgehead atoms. The largest absolute Gasteiger partial charge is 0.464 e. The van der Waals surface area contributed by atoms with Crippen LogP contribution in [-0.2, 0) is 9.53 Å². The Morgan fingerprint density at radius 2 is 2.07 bits per heavy atom. The minimum atomic E-state index is -0.616. The van der Waals surface area contributed by atoms with E-state index >= 15 is 0 Å². The molecule has 2 aromatic rings. The van der Waals surface area contributed by atoms with E-state index in [9.17, 15) is 19.7 Å². The summed E-state index contributed by atoms with van der Waals surface area (Å²) in [7, 11) is 2.87. The summed E-state index contributed by atoms with van der Waals surface area (Å²) < 4.78 is 16.8. The predicted molar refractivity (Wildman–Crippen MR) is 111 cm³/mol. The Morgan fingerprint density at radius 3 is 2.63 bits per heavy atom. The lowest BCUT2D eigenvalue weighted by atomic mass is 10.2.